The number of carbonyl (C=O) groups excluding carboxylic acids is 1. The summed E-state index contributed by atoms with van der Waals surface area (Å²) in [5.74, 6) is -0.430. The van der Waals surface area contributed by atoms with Gasteiger partial charge < -0.3 is 4.84 Å². The topological polar surface area (TPSA) is 81.8 Å². The third-order valence-corrected chi connectivity index (χ3v) is 3.83. The average molecular weight is 314 g/mol. The van der Waals surface area contributed by atoms with Crippen molar-refractivity contribution in [2.45, 2.75) is 26.7 Å². The molecule has 0 bridgehead atoms. The maximum atomic E-state index is 12.0. The zero-order valence-electron chi connectivity index (χ0n) is 13.1. The summed E-state index contributed by atoms with van der Waals surface area (Å²) in [6, 6.07) is 5.37. The van der Waals surface area contributed by atoms with Crippen molar-refractivity contribution in [3.05, 3.63) is 63.7 Å². The first-order valence-corrected chi connectivity index (χ1v) is 7.23. The minimum atomic E-state index is -0.716. The normalized spacial score (nSPS) is 19.1. The van der Waals surface area contributed by atoms with Crippen molar-refractivity contribution in [2.24, 2.45) is 11.1 Å². The third-order valence-electron chi connectivity index (χ3n) is 3.83. The molecule has 0 saturated heterocycles. The Bertz CT molecular complexity index is 719. The van der Waals surface area contributed by atoms with Gasteiger partial charge in [0.2, 0.25) is 0 Å². The number of non-ortho nitro benzene ring substituents is 1. The van der Waals surface area contributed by atoms with E-state index in [1.165, 1.54) is 24.3 Å². The number of nitro benzene ring substituents is 1. The fourth-order valence-electron chi connectivity index (χ4n) is 2.29. The van der Waals surface area contributed by atoms with Crippen LogP contribution in [0.5, 0.6) is 0 Å². The first kappa shape index (κ1) is 16.6. The van der Waals surface area contributed by atoms with E-state index in [0.29, 0.717) is 12.1 Å². The van der Waals surface area contributed by atoms with Crippen molar-refractivity contribution in [1.29, 1.82) is 0 Å². The summed E-state index contributed by atoms with van der Waals surface area (Å²) < 4.78 is 0. The molecule has 0 fully saturated rings. The van der Waals surface area contributed by atoms with Gasteiger partial charge in [-0.1, -0.05) is 29.5 Å². The highest BCUT2D eigenvalue weighted by Crippen LogP contribution is 2.26. The van der Waals surface area contributed by atoms with Crippen LogP contribution < -0.4 is 0 Å². The van der Waals surface area contributed by atoms with Crippen molar-refractivity contribution in [1.82, 2.24) is 0 Å². The lowest BCUT2D eigenvalue weighted by atomic mass is 9.85. The van der Waals surface area contributed by atoms with Crippen molar-refractivity contribution in [3.63, 3.8) is 0 Å². The van der Waals surface area contributed by atoms with Crippen LogP contribution >= 0.6 is 0 Å². The van der Waals surface area contributed by atoms with Gasteiger partial charge in [0.05, 0.1) is 16.2 Å². The first-order chi connectivity index (χ1) is 10.9. The third kappa shape index (κ3) is 4.12. The second kappa shape index (κ2) is 7.00. The van der Waals surface area contributed by atoms with Crippen LogP contribution in [-0.4, -0.2) is 16.6 Å². The van der Waals surface area contributed by atoms with Crippen LogP contribution in [0.4, 0.5) is 5.69 Å². The summed E-state index contributed by atoms with van der Waals surface area (Å²) in [6.45, 7) is 7.83. The Labute approximate surface area is 134 Å². The van der Waals surface area contributed by atoms with Gasteiger partial charge in [-0.2, -0.15) is 0 Å². The second-order valence-electron chi connectivity index (χ2n) is 5.59. The molecule has 2 rings (SSSR count). The summed E-state index contributed by atoms with van der Waals surface area (Å²) in [6.07, 6.45) is 3.61. The number of rotatable bonds is 4. The number of allylic oxidation sites excluding steroid dienone is 3. The van der Waals surface area contributed by atoms with Crippen molar-refractivity contribution >= 4 is 17.4 Å². The van der Waals surface area contributed by atoms with Gasteiger partial charge in [0.1, 0.15) is 0 Å². The molecule has 0 saturated carbocycles. The Morgan fingerprint density at radius 3 is 2.87 bits per heavy atom. The van der Waals surface area contributed by atoms with E-state index in [0.717, 1.165) is 17.6 Å². The largest absolute Gasteiger partial charge is 0.365 e. The molecule has 1 unspecified atom stereocenters. The van der Waals surface area contributed by atoms with Crippen LogP contribution in [0, 0.1) is 16.0 Å². The maximum Gasteiger partial charge on any atom is 0.365 e. The van der Waals surface area contributed by atoms with Gasteiger partial charge in [0.15, 0.2) is 0 Å². The quantitative estimate of drug-likeness (QED) is 0.363. The molecule has 1 aliphatic carbocycles. The average Bonchev–Trinajstić information content (AvgIpc) is 2.53. The Hall–Kier alpha value is -2.76. The van der Waals surface area contributed by atoms with Crippen LogP contribution in [0.25, 0.3) is 0 Å². The van der Waals surface area contributed by atoms with E-state index in [2.05, 4.69) is 11.7 Å². The minimum absolute atomic E-state index is 0.0949. The van der Waals surface area contributed by atoms with Crippen molar-refractivity contribution in [2.75, 3.05) is 0 Å². The molecule has 1 aromatic carbocycles. The van der Waals surface area contributed by atoms with E-state index in [9.17, 15) is 14.9 Å². The molecule has 0 spiro atoms. The molecule has 0 heterocycles. The molecular formula is C17H18N2O4. The molecule has 23 heavy (non-hydrogen) atoms. The SMILES string of the molecule is C=C(C)C1CC=C(C)/C(=N/OC(=O)c2cccc([N+](=O)[O-])c2)C1. The number of nitro groups is 1. The predicted molar refractivity (Wildman–Crippen MR) is 87.2 cm³/mol. The highest BCUT2D eigenvalue weighted by Gasteiger charge is 2.20. The Kier molecular flexibility index (Phi) is 5.05. The molecule has 1 atom stereocenters. The molecule has 0 N–H and O–H groups in total. The molecule has 0 aromatic heterocycles. The minimum Gasteiger partial charge on any atom is -0.313 e. The first-order valence-electron chi connectivity index (χ1n) is 7.23. The lowest BCUT2D eigenvalue weighted by Crippen LogP contribution is -2.16. The molecule has 1 aromatic rings. The highest BCUT2D eigenvalue weighted by molar-refractivity contribution is 6.01. The van der Waals surface area contributed by atoms with Crippen molar-refractivity contribution < 1.29 is 14.6 Å². The van der Waals surface area contributed by atoms with Gasteiger partial charge in [-0.05, 0) is 37.8 Å². The van der Waals surface area contributed by atoms with Crippen LogP contribution in [0.1, 0.15) is 37.0 Å². The molecule has 6 heteroatoms. The summed E-state index contributed by atoms with van der Waals surface area (Å²) >= 11 is 0. The Morgan fingerprint density at radius 2 is 2.22 bits per heavy atom. The lowest BCUT2D eigenvalue weighted by molar-refractivity contribution is -0.384. The summed E-state index contributed by atoms with van der Waals surface area (Å²) in [5, 5.41) is 14.7. The van der Waals surface area contributed by atoms with E-state index < -0.39 is 10.9 Å². The van der Waals surface area contributed by atoms with Gasteiger partial charge in [-0.15, -0.1) is 0 Å². The zero-order chi connectivity index (χ0) is 17.0. The number of hydrogen-bond acceptors (Lipinski definition) is 5. The van der Waals surface area contributed by atoms with E-state index in [1.807, 2.05) is 19.9 Å². The predicted octanol–water partition coefficient (Wildman–Crippen LogP) is 4.04. The second-order valence-corrected chi connectivity index (χ2v) is 5.59. The highest BCUT2D eigenvalue weighted by atomic mass is 16.7. The lowest BCUT2D eigenvalue weighted by Gasteiger charge is -2.21. The molecule has 6 nitrogen and oxygen atoms in total. The zero-order valence-corrected chi connectivity index (χ0v) is 13.1. The molecule has 0 aliphatic heterocycles. The van der Waals surface area contributed by atoms with Gasteiger partial charge >= 0.3 is 5.97 Å². The maximum absolute atomic E-state index is 12.0. The van der Waals surface area contributed by atoms with E-state index >= 15 is 0 Å². The summed E-state index contributed by atoms with van der Waals surface area (Å²) in [5.41, 5.74) is 2.66. The van der Waals surface area contributed by atoms with E-state index in [-0.39, 0.29) is 17.2 Å². The van der Waals surface area contributed by atoms with Gasteiger partial charge in [-0.25, -0.2) is 4.79 Å². The van der Waals surface area contributed by atoms with Crippen LogP contribution in [0.2, 0.25) is 0 Å². The monoisotopic (exact) mass is 314 g/mol. The Balaban J connectivity index is 2.12. The fourth-order valence-corrected chi connectivity index (χ4v) is 2.29. The van der Waals surface area contributed by atoms with Gasteiger partial charge in [0, 0.05) is 18.6 Å². The van der Waals surface area contributed by atoms with Gasteiger partial charge in [0.25, 0.3) is 5.69 Å². The standard InChI is InChI=1S/C17H18N2O4/c1-11(2)13-8-7-12(3)16(10-13)18-23-17(20)14-5-4-6-15(9-14)19(21)22/h4-7,9,13H,1,8,10H2,2-3H3/b18-16+. The summed E-state index contributed by atoms with van der Waals surface area (Å²) in [4.78, 5) is 27.1. The van der Waals surface area contributed by atoms with Crippen LogP contribution in [-0.2, 0) is 4.84 Å². The molecule has 0 radical (unpaired) electrons. The molecule has 1 aliphatic rings. The van der Waals surface area contributed by atoms with Crippen molar-refractivity contribution in [3.8, 4) is 0 Å². The number of carbonyl (C=O) groups is 1. The number of nitrogens with zero attached hydrogens (tertiary/aromatic N) is 2. The molecule has 0 amide bonds. The molecular weight excluding hydrogens is 296 g/mol. The Morgan fingerprint density at radius 1 is 1.48 bits per heavy atom. The number of oxime groups is 1. The van der Waals surface area contributed by atoms with Gasteiger partial charge in [-0.3, -0.25) is 10.1 Å². The summed E-state index contributed by atoms with van der Waals surface area (Å²) in [7, 11) is 0. The number of benzene rings is 1. The molecule has 120 valence electrons. The van der Waals surface area contributed by atoms with E-state index in [4.69, 9.17) is 4.84 Å². The van der Waals surface area contributed by atoms with Crippen LogP contribution in [0.15, 0.2) is 53.2 Å². The number of hydrogen-bond donors (Lipinski definition) is 0. The van der Waals surface area contributed by atoms with Crippen LogP contribution in [0.3, 0.4) is 0 Å². The van der Waals surface area contributed by atoms with E-state index in [1.54, 1.807) is 0 Å². The fraction of sp³-hybridized carbons (Fsp3) is 0.294. The smallest absolute Gasteiger partial charge is 0.313 e.